The topological polar surface area (TPSA) is 155 Å². The summed E-state index contributed by atoms with van der Waals surface area (Å²) < 4.78 is 1.35. The molecule has 0 unspecified atom stereocenters. The number of nitrogens with zero attached hydrogens (tertiary/aromatic N) is 5. The number of thiazole rings is 2. The van der Waals surface area contributed by atoms with Crippen LogP contribution in [-0.4, -0.2) is 43.3 Å². The van der Waals surface area contributed by atoms with E-state index < -0.39 is 5.97 Å². The number of azo groups is 1. The van der Waals surface area contributed by atoms with E-state index in [2.05, 4.69) is 30.6 Å². The van der Waals surface area contributed by atoms with Crippen molar-refractivity contribution in [3.63, 3.8) is 0 Å². The smallest absolute Gasteiger partial charge is 0.303 e. The van der Waals surface area contributed by atoms with Gasteiger partial charge in [-0.3, -0.25) is 19.5 Å². The number of rotatable bonds is 12. The van der Waals surface area contributed by atoms with E-state index >= 15 is 0 Å². The molecule has 5 rings (SSSR count). The summed E-state index contributed by atoms with van der Waals surface area (Å²) in [5, 5.41) is 27.5. The first-order valence-corrected chi connectivity index (χ1v) is 14.5. The molecule has 1 amide bonds. The first-order chi connectivity index (χ1) is 20.0. The first-order valence-electron chi connectivity index (χ1n) is 12.8. The van der Waals surface area contributed by atoms with Gasteiger partial charge in [-0.2, -0.15) is 4.68 Å². The van der Waals surface area contributed by atoms with E-state index in [4.69, 9.17) is 5.11 Å². The van der Waals surface area contributed by atoms with Crippen LogP contribution < -0.4 is 10.9 Å². The van der Waals surface area contributed by atoms with Gasteiger partial charge in [0, 0.05) is 46.6 Å². The number of carbonyl (C=O) groups is 2. The Hall–Kier alpha value is -4.75. The minimum absolute atomic E-state index is 0.139. The minimum atomic E-state index is -0.808. The standard InChI is InChI=1S/C28H25N7O4S2/c36-22(37)9-5-2-6-14-29-25(38)20-12-10-18(11-13-20)21-17-41-28(31-21)35-26(39)24(32-33-27-30-15-16-40-27)23(34-35)19-7-3-1-4-8-19/h1,3-4,7-8,10-13,15-17,34H,2,5-6,9,14H2,(H,29,38)(H,36,37). The molecule has 208 valence electrons. The van der Waals surface area contributed by atoms with E-state index in [-0.39, 0.29) is 23.6 Å². The SMILES string of the molecule is O=C(O)CCCCCNC(=O)c1ccc(-c2csc(-n3[nH]c(-c4ccccc4)c(N=Nc4nccs4)c3=O)n2)cc1. The molecule has 0 atom stereocenters. The molecule has 0 aliphatic carbocycles. The largest absolute Gasteiger partial charge is 0.481 e. The Morgan fingerprint density at radius 3 is 2.51 bits per heavy atom. The number of hydrogen-bond acceptors (Lipinski definition) is 9. The van der Waals surface area contributed by atoms with Gasteiger partial charge in [0.2, 0.25) is 10.3 Å². The van der Waals surface area contributed by atoms with Gasteiger partial charge in [0.05, 0.1) is 11.4 Å². The van der Waals surface area contributed by atoms with Gasteiger partial charge >= 0.3 is 11.5 Å². The average Bonchev–Trinajstić information content (AvgIpc) is 3.75. The molecule has 0 aliphatic rings. The van der Waals surface area contributed by atoms with Crippen molar-refractivity contribution in [3.05, 3.63) is 87.5 Å². The summed E-state index contributed by atoms with van der Waals surface area (Å²) in [5.74, 6) is -1.00. The molecule has 2 aromatic carbocycles. The van der Waals surface area contributed by atoms with Crippen LogP contribution in [0.4, 0.5) is 10.8 Å². The van der Waals surface area contributed by atoms with Crippen molar-refractivity contribution in [3.8, 4) is 27.6 Å². The zero-order chi connectivity index (χ0) is 28.6. The van der Waals surface area contributed by atoms with Crippen molar-refractivity contribution in [1.29, 1.82) is 0 Å². The third kappa shape index (κ3) is 6.88. The number of nitrogens with one attached hydrogen (secondary N) is 2. The molecule has 0 saturated heterocycles. The maximum Gasteiger partial charge on any atom is 0.303 e. The number of carboxylic acid groups (broad SMARTS) is 1. The molecule has 0 fully saturated rings. The second kappa shape index (κ2) is 13.1. The van der Waals surface area contributed by atoms with Crippen molar-refractivity contribution < 1.29 is 14.7 Å². The Morgan fingerprint density at radius 1 is 0.976 bits per heavy atom. The van der Waals surface area contributed by atoms with Crippen LogP contribution in [0.5, 0.6) is 0 Å². The summed E-state index contributed by atoms with van der Waals surface area (Å²) in [5.41, 5.74) is 3.03. The predicted molar refractivity (Wildman–Crippen MR) is 158 cm³/mol. The third-order valence-electron chi connectivity index (χ3n) is 6.06. The van der Waals surface area contributed by atoms with Crippen molar-refractivity contribution >= 4 is 45.4 Å². The number of carbonyl (C=O) groups excluding carboxylic acids is 1. The Labute approximate surface area is 242 Å². The maximum atomic E-state index is 13.4. The number of aliphatic carboxylic acids is 1. The van der Waals surface area contributed by atoms with Crippen LogP contribution in [0, 0.1) is 0 Å². The number of amides is 1. The van der Waals surface area contributed by atoms with Gasteiger partial charge in [0.15, 0.2) is 5.69 Å². The first kappa shape index (κ1) is 27.8. The molecule has 0 bridgehead atoms. The van der Waals surface area contributed by atoms with E-state index in [9.17, 15) is 14.4 Å². The number of carboxylic acids is 1. The molecule has 3 heterocycles. The maximum absolute atomic E-state index is 13.4. The lowest BCUT2D eigenvalue weighted by molar-refractivity contribution is -0.137. The zero-order valence-corrected chi connectivity index (χ0v) is 23.3. The van der Waals surface area contributed by atoms with Gasteiger partial charge in [-0.05, 0) is 25.0 Å². The summed E-state index contributed by atoms with van der Waals surface area (Å²) >= 11 is 2.62. The Kier molecular flexibility index (Phi) is 8.86. The normalized spacial score (nSPS) is 11.2. The van der Waals surface area contributed by atoms with Crippen LogP contribution in [0.2, 0.25) is 0 Å². The number of aromatic nitrogens is 4. The van der Waals surface area contributed by atoms with E-state index in [1.165, 1.54) is 27.4 Å². The van der Waals surface area contributed by atoms with Crippen LogP contribution in [0.3, 0.4) is 0 Å². The predicted octanol–water partition coefficient (Wildman–Crippen LogP) is 6.20. The quantitative estimate of drug-likeness (QED) is 0.117. The number of aromatic amines is 1. The van der Waals surface area contributed by atoms with Gasteiger partial charge < -0.3 is 10.4 Å². The number of hydrogen-bond donors (Lipinski definition) is 3. The number of benzene rings is 2. The molecule has 0 saturated carbocycles. The highest BCUT2D eigenvalue weighted by molar-refractivity contribution is 7.13. The number of H-pyrrole nitrogens is 1. The summed E-state index contributed by atoms with van der Waals surface area (Å²) in [6.45, 7) is 0.483. The van der Waals surface area contributed by atoms with Crippen molar-refractivity contribution in [2.75, 3.05) is 6.54 Å². The molecule has 13 heteroatoms. The summed E-state index contributed by atoms with van der Waals surface area (Å²) in [6.07, 6.45) is 3.81. The molecule has 0 spiro atoms. The average molecular weight is 588 g/mol. The van der Waals surface area contributed by atoms with E-state index in [1.54, 1.807) is 35.8 Å². The molecule has 11 nitrogen and oxygen atoms in total. The van der Waals surface area contributed by atoms with Gasteiger partial charge in [0.25, 0.3) is 5.91 Å². The summed E-state index contributed by atoms with van der Waals surface area (Å²) in [7, 11) is 0. The highest BCUT2D eigenvalue weighted by Gasteiger charge is 2.19. The summed E-state index contributed by atoms with van der Waals surface area (Å²) in [4.78, 5) is 45.2. The van der Waals surface area contributed by atoms with Gasteiger partial charge in [-0.25, -0.2) is 9.97 Å². The lowest BCUT2D eigenvalue weighted by Crippen LogP contribution is -2.24. The van der Waals surface area contributed by atoms with Crippen LogP contribution in [0.25, 0.3) is 27.6 Å². The van der Waals surface area contributed by atoms with Crippen LogP contribution >= 0.6 is 22.7 Å². The minimum Gasteiger partial charge on any atom is -0.481 e. The number of unbranched alkanes of at least 4 members (excludes halogenated alkanes) is 2. The molecule has 3 N–H and O–H groups in total. The van der Waals surface area contributed by atoms with Crippen molar-refractivity contribution in [2.24, 2.45) is 10.2 Å². The molecule has 3 aromatic heterocycles. The fourth-order valence-electron chi connectivity index (χ4n) is 3.99. The summed E-state index contributed by atoms with van der Waals surface area (Å²) in [6, 6.07) is 16.5. The highest BCUT2D eigenvalue weighted by Crippen LogP contribution is 2.30. The Balaban J connectivity index is 1.32. The molecular formula is C28H25N7O4S2. The lowest BCUT2D eigenvalue weighted by Gasteiger charge is -2.05. The molecule has 5 aromatic rings. The fraction of sp³-hybridized carbons (Fsp3) is 0.179. The van der Waals surface area contributed by atoms with Gasteiger partial charge in [-0.15, -0.1) is 32.9 Å². The third-order valence-corrected chi connectivity index (χ3v) is 7.54. The Bertz CT molecular complexity index is 1710. The van der Waals surface area contributed by atoms with Crippen LogP contribution in [0.15, 0.2) is 86.6 Å². The Morgan fingerprint density at radius 2 is 1.78 bits per heavy atom. The lowest BCUT2D eigenvalue weighted by atomic mass is 10.1. The second-order valence-corrected chi connectivity index (χ2v) is 10.6. The molecule has 0 aliphatic heterocycles. The monoisotopic (exact) mass is 587 g/mol. The molecule has 41 heavy (non-hydrogen) atoms. The fourth-order valence-corrected chi connectivity index (χ4v) is 5.24. The van der Waals surface area contributed by atoms with Gasteiger partial charge in [0.1, 0.15) is 0 Å². The van der Waals surface area contributed by atoms with Crippen molar-refractivity contribution in [2.45, 2.75) is 25.7 Å². The van der Waals surface area contributed by atoms with E-state index in [1.807, 2.05) is 35.7 Å². The van der Waals surface area contributed by atoms with E-state index in [0.717, 1.165) is 24.0 Å². The van der Waals surface area contributed by atoms with E-state index in [0.29, 0.717) is 40.2 Å². The van der Waals surface area contributed by atoms with Crippen molar-refractivity contribution in [1.82, 2.24) is 25.1 Å². The zero-order valence-electron chi connectivity index (χ0n) is 21.7. The molecular weight excluding hydrogens is 562 g/mol. The van der Waals surface area contributed by atoms with Gasteiger partial charge in [-0.1, -0.05) is 48.9 Å². The highest BCUT2D eigenvalue weighted by atomic mass is 32.1. The van der Waals surface area contributed by atoms with Crippen LogP contribution in [-0.2, 0) is 4.79 Å². The molecule has 0 radical (unpaired) electrons. The van der Waals surface area contributed by atoms with Crippen LogP contribution in [0.1, 0.15) is 36.0 Å². The second-order valence-electron chi connectivity index (χ2n) is 8.91.